The van der Waals surface area contributed by atoms with Crippen LogP contribution >= 0.6 is 19.2 Å². The van der Waals surface area contributed by atoms with Gasteiger partial charge in [-0.05, 0) is 53.7 Å². The van der Waals surface area contributed by atoms with Crippen molar-refractivity contribution in [3.63, 3.8) is 0 Å². The van der Waals surface area contributed by atoms with Crippen LogP contribution in [0.1, 0.15) is 47.8 Å². The molecular weight excluding hydrogens is 564 g/mol. The second-order valence-electron chi connectivity index (χ2n) is 10.7. The Balaban J connectivity index is 2.31. The molecular formula is C23H34ClFN3O10P. The van der Waals surface area contributed by atoms with Crippen LogP contribution in [-0.2, 0) is 37.4 Å². The fraction of sp³-hybridized carbons (Fsp3) is 0.652. The van der Waals surface area contributed by atoms with E-state index in [-0.39, 0.29) is 5.82 Å². The topological polar surface area (TPSA) is 178 Å². The van der Waals surface area contributed by atoms with Gasteiger partial charge in [-0.1, -0.05) is 0 Å². The van der Waals surface area contributed by atoms with Gasteiger partial charge in [0.1, 0.15) is 17.5 Å². The Morgan fingerprint density at radius 2 is 1.72 bits per heavy atom. The number of aliphatic hydroxyl groups excluding tert-OH is 1. The Labute approximate surface area is 229 Å². The van der Waals surface area contributed by atoms with Gasteiger partial charge in [-0.3, -0.25) is 27.8 Å². The van der Waals surface area contributed by atoms with E-state index in [1.807, 2.05) is 0 Å². The van der Waals surface area contributed by atoms with Crippen LogP contribution in [0.5, 0.6) is 0 Å². The summed E-state index contributed by atoms with van der Waals surface area (Å²) in [4.78, 5) is 39.8. The number of carbonyl (C=O) groups is 2. The summed E-state index contributed by atoms with van der Waals surface area (Å²) in [6.07, 6.45) is -3.69. The lowest BCUT2D eigenvalue weighted by Crippen LogP contribution is -2.42. The lowest BCUT2D eigenvalue weighted by molar-refractivity contribution is -0.161. The van der Waals surface area contributed by atoms with E-state index in [2.05, 4.69) is 4.98 Å². The number of nitrogens with zero attached hydrogens (tertiary/aromatic N) is 2. The standard InChI is InChI=1S/C23H34ClFN3O10P/c1-21(2,3)18(30)34-12-36-39(33,37-13-35-19(31)22(4,5)6)10-8-23(11-24)16(29)15(25)17(38-23)28-9-7-14(26)27-20(28)32/h7-10,15-17,29H,11-13H2,1-6H3,(H2,26,27,32)/b10-8-/t15-,16+,17-,23+/m1/s1. The van der Waals surface area contributed by atoms with Crippen LogP contribution < -0.4 is 11.4 Å². The summed E-state index contributed by atoms with van der Waals surface area (Å²) in [5.41, 5.74) is 0.725. The molecule has 1 aromatic rings. The molecule has 0 amide bonds. The molecule has 1 aliphatic heterocycles. The number of anilines is 1. The predicted octanol–water partition coefficient (Wildman–Crippen LogP) is 2.86. The zero-order chi connectivity index (χ0) is 29.8. The third kappa shape index (κ3) is 8.32. The van der Waals surface area contributed by atoms with Crippen LogP contribution in [0.3, 0.4) is 0 Å². The molecule has 0 bridgehead atoms. The van der Waals surface area contributed by atoms with Crippen molar-refractivity contribution in [1.29, 1.82) is 0 Å². The smallest absolute Gasteiger partial charge is 0.359 e. The minimum atomic E-state index is -4.40. The van der Waals surface area contributed by atoms with Crippen LogP contribution in [0.2, 0.25) is 0 Å². The van der Waals surface area contributed by atoms with Gasteiger partial charge >= 0.3 is 25.2 Å². The molecule has 2 rings (SSSR count). The van der Waals surface area contributed by atoms with E-state index in [4.69, 9.17) is 40.6 Å². The van der Waals surface area contributed by atoms with Crippen molar-refractivity contribution in [3.8, 4) is 0 Å². The number of alkyl halides is 2. The summed E-state index contributed by atoms with van der Waals surface area (Å²) in [5.74, 6) is -1.21. The number of hydrogen-bond acceptors (Lipinski definition) is 12. The van der Waals surface area contributed by atoms with Gasteiger partial charge in [0.25, 0.3) is 0 Å². The largest absolute Gasteiger partial charge is 0.438 e. The maximum Gasteiger partial charge on any atom is 0.359 e. The zero-order valence-corrected chi connectivity index (χ0v) is 24.1. The Bertz CT molecular complexity index is 1150. The van der Waals surface area contributed by atoms with E-state index >= 15 is 4.39 Å². The van der Waals surface area contributed by atoms with E-state index < -0.39 is 79.6 Å². The minimum Gasteiger partial charge on any atom is -0.438 e. The number of nitrogen functional groups attached to an aromatic ring is 1. The molecule has 2 heterocycles. The lowest BCUT2D eigenvalue weighted by atomic mass is 9.98. The van der Waals surface area contributed by atoms with Crippen molar-refractivity contribution in [1.82, 2.24) is 9.55 Å². The monoisotopic (exact) mass is 597 g/mol. The van der Waals surface area contributed by atoms with E-state index in [0.29, 0.717) is 0 Å². The van der Waals surface area contributed by atoms with Crippen molar-refractivity contribution in [3.05, 3.63) is 34.6 Å². The highest BCUT2D eigenvalue weighted by Gasteiger charge is 2.55. The molecule has 39 heavy (non-hydrogen) atoms. The quantitative estimate of drug-likeness (QED) is 0.175. The number of esters is 2. The molecule has 0 aromatic carbocycles. The van der Waals surface area contributed by atoms with Crippen molar-refractivity contribution in [2.45, 2.75) is 65.6 Å². The fourth-order valence-electron chi connectivity index (χ4n) is 2.99. The molecule has 1 fully saturated rings. The van der Waals surface area contributed by atoms with E-state index in [1.54, 1.807) is 41.5 Å². The van der Waals surface area contributed by atoms with Crippen molar-refractivity contribution >= 4 is 37.0 Å². The molecule has 1 aromatic heterocycles. The Morgan fingerprint density at radius 3 is 2.15 bits per heavy atom. The fourth-order valence-corrected chi connectivity index (χ4v) is 4.38. The second kappa shape index (κ2) is 12.4. The van der Waals surface area contributed by atoms with Gasteiger partial charge in [-0.2, -0.15) is 4.98 Å². The molecule has 4 atom stereocenters. The van der Waals surface area contributed by atoms with Crippen molar-refractivity contribution < 1.29 is 46.9 Å². The Morgan fingerprint density at radius 1 is 1.21 bits per heavy atom. The molecule has 0 spiro atoms. The van der Waals surface area contributed by atoms with Gasteiger partial charge in [0, 0.05) is 12.0 Å². The summed E-state index contributed by atoms with van der Waals surface area (Å²) >= 11 is 6.03. The van der Waals surface area contributed by atoms with Gasteiger partial charge in [-0.25, -0.2) is 9.18 Å². The number of halogens is 2. The van der Waals surface area contributed by atoms with E-state index in [9.17, 15) is 24.1 Å². The van der Waals surface area contributed by atoms with Gasteiger partial charge in [-0.15, -0.1) is 11.6 Å². The van der Waals surface area contributed by atoms with Crippen LogP contribution in [-0.4, -0.2) is 63.9 Å². The van der Waals surface area contributed by atoms with Crippen molar-refractivity contribution in [2.24, 2.45) is 10.8 Å². The maximum absolute atomic E-state index is 15.1. The molecule has 0 radical (unpaired) electrons. The molecule has 1 aliphatic rings. The lowest BCUT2D eigenvalue weighted by Gasteiger charge is -2.27. The first-order valence-corrected chi connectivity index (χ1v) is 13.8. The predicted molar refractivity (Wildman–Crippen MR) is 137 cm³/mol. The average Bonchev–Trinajstić information content (AvgIpc) is 3.07. The summed E-state index contributed by atoms with van der Waals surface area (Å²) in [5, 5.41) is 10.7. The number of aromatic nitrogens is 2. The molecule has 220 valence electrons. The third-order valence-corrected chi connectivity index (χ3v) is 7.22. The average molecular weight is 598 g/mol. The number of aliphatic hydroxyl groups is 1. The molecule has 0 unspecified atom stereocenters. The molecule has 0 saturated carbocycles. The summed E-state index contributed by atoms with van der Waals surface area (Å²) in [6, 6.07) is 1.23. The summed E-state index contributed by atoms with van der Waals surface area (Å²) < 4.78 is 55.3. The third-order valence-electron chi connectivity index (χ3n) is 5.36. The van der Waals surface area contributed by atoms with E-state index in [1.165, 1.54) is 6.07 Å². The number of carbonyl (C=O) groups excluding carboxylic acids is 2. The zero-order valence-electron chi connectivity index (χ0n) is 22.5. The first-order chi connectivity index (χ1) is 17.8. The molecule has 16 heteroatoms. The van der Waals surface area contributed by atoms with Crippen LogP contribution in [0.4, 0.5) is 10.2 Å². The molecule has 13 nitrogen and oxygen atoms in total. The van der Waals surface area contributed by atoms with Gasteiger partial charge < -0.3 is 25.1 Å². The maximum atomic E-state index is 15.1. The number of ether oxygens (including phenoxy) is 3. The molecule has 1 saturated heterocycles. The highest BCUT2D eigenvalue weighted by Crippen LogP contribution is 2.52. The second-order valence-corrected chi connectivity index (χ2v) is 12.9. The van der Waals surface area contributed by atoms with Crippen LogP contribution in [0, 0.1) is 10.8 Å². The Kier molecular flexibility index (Phi) is 10.5. The van der Waals surface area contributed by atoms with E-state index in [0.717, 1.165) is 22.7 Å². The first kappa shape index (κ1) is 32.9. The van der Waals surface area contributed by atoms with Crippen molar-refractivity contribution in [2.75, 3.05) is 25.2 Å². The number of rotatable bonds is 10. The first-order valence-electron chi connectivity index (χ1n) is 11.7. The van der Waals surface area contributed by atoms with Gasteiger partial charge in [0.15, 0.2) is 12.4 Å². The van der Waals surface area contributed by atoms with Crippen LogP contribution in [0.15, 0.2) is 29.0 Å². The highest BCUT2D eigenvalue weighted by molar-refractivity contribution is 7.57. The molecule has 0 aliphatic carbocycles. The normalized spacial score (nSPS) is 24.2. The summed E-state index contributed by atoms with van der Waals surface area (Å²) in [7, 11) is -4.40. The van der Waals surface area contributed by atoms with Gasteiger partial charge in [0.2, 0.25) is 13.6 Å². The minimum absolute atomic E-state index is 0.108. The highest BCUT2D eigenvalue weighted by atomic mass is 35.5. The number of hydrogen-bond donors (Lipinski definition) is 2. The SMILES string of the molecule is CC(C)(C)C(=O)OCOP(=O)(/C=C\[C@@]1(CCl)O[C@@H](n2ccc(N)nc2=O)[C@H](F)[C@@H]1O)OCOC(=O)C(C)(C)C. The summed E-state index contributed by atoms with van der Waals surface area (Å²) in [6.45, 7) is 7.90. The number of nitrogens with two attached hydrogens (primary N) is 1. The van der Waals surface area contributed by atoms with Crippen LogP contribution in [0.25, 0.3) is 0 Å². The van der Waals surface area contributed by atoms with Gasteiger partial charge in [0.05, 0.1) is 16.7 Å². The molecule has 3 N–H and O–H groups in total. The Hall–Kier alpha value is -2.35.